The van der Waals surface area contributed by atoms with Crippen molar-refractivity contribution in [1.82, 2.24) is 15.3 Å². The summed E-state index contributed by atoms with van der Waals surface area (Å²) >= 11 is 0. The Bertz CT molecular complexity index is 445. The molecule has 1 aliphatic rings. The van der Waals surface area contributed by atoms with Gasteiger partial charge in [-0.05, 0) is 6.92 Å². The van der Waals surface area contributed by atoms with Crippen LogP contribution >= 0.6 is 0 Å². The predicted molar refractivity (Wildman–Crippen MR) is 58.8 cm³/mol. The number of anilines is 1. The van der Waals surface area contributed by atoms with Crippen molar-refractivity contribution in [2.45, 2.75) is 13.0 Å². The molecule has 2 rings (SSSR count). The zero-order chi connectivity index (χ0) is 12.4. The number of nitrogens with one attached hydrogen (secondary N) is 1. The molecule has 0 aliphatic carbocycles. The third kappa shape index (κ3) is 2.17. The lowest BCUT2D eigenvalue weighted by Crippen LogP contribution is -2.54. The Labute approximate surface area is 97.5 Å². The van der Waals surface area contributed by atoms with Gasteiger partial charge in [-0.25, -0.2) is 14.8 Å². The lowest BCUT2D eigenvalue weighted by atomic mass is 10.2. The number of hydrogen-bond acceptors (Lipinski definition) is 5. The van der Waals surface area contributed by atoms with Crippen LogP contribution in [0.2, 0.25) is 0 Å². The summed E-state index contributed by atoms with van der Waals surface area (Å²) in [6.45, 7) is 2.95. The van der Waals surface area contributed by atoms with Crippen LogP contribution in [0.1, 0.15) is 17.4 Å². The molecule has 1 aliphatic heterocycles. The highest BCUT2D eigenvalue weighted by molar-refractivity contribution is 5.86. The number of hydrogen-bond donors (Lipinski definition) is 2. The largest absolute Gasteiger partial charge is 0.476 e. The van der Waals surface area contributed by atoms with E-state index in [2.05, 4.69) is 15.3 Å². The molecular weight excluding hydrogens is 224 g/mol. The number of carbonyl (C=O) groups is 2. The summed E-state index contributed by atoms with van der Waals surface area (Å²) in [5.74, 6) is -0.675. The van der Waals surface area contributed by atoms with Crippen LogP contribution in [-0.2, 0) is 4.79 Å². The Hall–Kier alpha value is -2.18. The number of carbonyl (C=O) groups excluding carboxylic acids is 1. The summed E-state index contributed by atoms with van der Waals surface area (Å²) in [6.07, 6.45) is 2.56. The first-order chi connectivity index (χ1) is 8.09. The van der Waals surface area contributed by atoms with E-state index in [-0.39, 0.29) is 17.6 Å². The highest BCUT2D eigenvalue weighted by atomic mass is 16.4. The van der Waals surface area contributed by atoms with Gasteiger partial charge in [-0.2, -0.15) is 0 Å². The molecule has 1 saturated heterocycles. The molecule has 0 saturated carbocycles. The van der Waals surface area contributed by atoms with Crippen LogP contribution in [0.5, 0.6) is 0 Å². The van der Waals surface area contributed by atoms with Crippen LogP contribution in [0, 0.1) is 0 Å². The van der Waals surface area contributed by atoms with Gasteiger partial charge in [0.05, 0.1) is 12.4 Å². The molecule has 17 heavy (non-hydrogen) atoms. The fraction of sp³-hybridized carbons (Fsp3) is 0.400. The molecule has 1 aromatic rings. The zero-order valence-electron chi connectivity index (χ0n) is 9.25. The van der Waals surface area contributed by atoms with Crippen LogP contribution in [0.4, 0.5) is 5.82 Å². The molecule has 1 unspecified atom stereocenters. The fourth-order valence-electron chi connectivity index (χ4n) is 1.68. The predicted octanol–water partition coefficient (Wildman–Crippen LogP) is -0.500. The Balaban J connectivity index is 2.22. The van der Waals surface area contributed by atoms with Crippen molar-refractivity contribution in [2.75, 3.05) is 18.0 Å². The fourth-order valence-corrected chi connectivity index (χ4v) is 1.68. The summed E-state index contributed by atoms with van der Waals surface area (Å²) in [6, 6.07) is -0.325. The molecule has 1 atom stereocenters. The quantitative estimate of drug-likeness (QED) is 0.718. The maximum absolute atomic E-state index is 11.5. The number of aromatic nitrogens is 2. The SMILES string of the molecule is CC1C(=O)NCCN1c1cnc(C(=O)O)cn1. The summed E-state index contributed by atoms with van der Waals surface area (Å²) < 4.78 is 0. The van der Waals surface area contributed by atoms with Crippen LogP contribution in [0.25, 0.3) is 0 Å². The van der Waals surface area contributed by atoms with Gasteiger partial charge in [-0.3, -0.25) is 4.79 Å². The lowest BCUT2D eigenvalue weighted by molar-refractivity contribution is -0.122. The van der Waals surface area contributed by atoms with Gasteiger partial charge in [-0.15, -0.1) is 0 Å². The standard InChI is InChI=1S/C10H12N4O3/c1-6-9(15)11-2-3-14(6)8-5-12-7(4-13-8)10(16)17/h4-6H,2-3H2,1H3,(H,11,15)(H,16,17). The second kappa shape index (κ2) is 4.36. The van der Waals surface area contributed by atoms with E-state index >= 15 is 0 Å². The minimum absolute atomic E-state index is 0.0691. The topological polar surface area (TPSA) is 95.4 Å². The minimum atomic E-state index is -1.12. The molecule has 90 valence electrons. The van der Waals surface area contributed by atoms with E-state index in [1.165, 1.54) is 12.4 Å². The number of amides is 1. The molecule has 2 N–H and O–H groups in total. The number of carboxylic acid groups (broad SMARTS) is 1. The molecule has 1 aromatic heterocycles. The summed E-state index contributed by atoms with van der Waals surface area (Å²) in [5.41, 5.74) is -0.108. The normalized spacial score (nSPS) is 19.9. The summed E-state index contributed by atoms with van der Waals surface area (Å²) in [4.78, 5) is 31.7. The molecule has 1 amide bonds. The van der Waals surface area contributed by atoms with Crippen LogP contribution in [0.3, 0.4) is 0 Å². The first-order valence-electron chi connectivity index (χ1n) is 5.19. The first kappa shape index (κ1) is 11.3. The van der Waals surface area contributed by atoms with Crippen LogP contribution < -0.4 is 10.2 Å². The van der Waals surface area contributed by atoms with Gasteiger partial charge < -0.3 is 15.3 Å². The van der Waals surface area contributed by atoms with Crippen molar-refractivity contribution < 1.29 is 14.7 Å². The number of aromatic carboxylic acids is 1. The molecule has 2 heterocycles. The number of rotatable bonds is 2. The molecule has 1 fully saturated rings. The highest BCUT2D eigenvalue weighted by Gasteiger charge is 2.26. The maximum atomic E-state index is 11.5. The van der Waals surface area contributed by atoms with E-state index in [0.29, 0.717) is 18.9 Å². The van der Waals surface area contributed by atoms with Crippen molar-refractivity contribution in [1.29, 1.82) is 0 Å². The second-order valence-electron chi connectivity index (χ2n) is 3.73. The molecule has 0 aromatic carbocycles. The van der Waals surface area contributed by atoms with Gasteiger partial charge in [0.15, 0.2) is 5.69 Å². The van der Waals surface area contributed by atoms with E-state index in [4.69, 9.17) is 5.11 Å². The van der Waals surface area contributed by atoms with Gasteiger partial charge in [-0.1, -0.05) is 0 Å². The number of nitrogens with zero attached hydrogens (tertiary/aromatic N) is 3. The van der Waals surface area contributed by atoms with Crippen molar-refractivity contribution in [3.8, 4) is 0 Å². The molecular formula is C10H12N4O3. The second-order valence-corrected chi connectivity index (χ2v) is 3.73. The van der Waals surface area contributed by atoms with Crippen molar-refractivity contribution >= 4 is 17.7 Å². The molecule has 0 radical (unpaired) electrons. The minimum Gasteiger partial charge on any atom is -0.476 e. The highest BCUT2D eigenvalue weighted by Crippen LogP contribution is 2.14. The average Bonchev–Trinajstić information content (AvgIpc) is 2.33. The Morgan fingerprint density at radius 3 is 2.88 bits per heavy atom. The Morgan fingerprint density at radius 1 is 1.53 bits per heavy atom. The van der Waals surface area contributed by atoms with E-state index in [9.17, 15) is 9.59 Å². The molecule has 0 spiro atoms. The Kier molecular flexibility index (Phi) is 2.90. The van der Waals surface area contributed by atoms with Gasteiger partial charge in [0.2, 0.25) is 5.91 Å². The summed E-state index contributed by atoms with van der Waals surface area (Å²) in [5, 5.41) is 11.4. The van der Waals surface area contributed by atoms with Gasteiger partial charge in [0.1, 0.15) is 11.9 Å². The molecule has 7 heteroatoms. The summed E-state index contributed by atoms with van der Waals surface area (Å²) in [7, 11) is 0. The maximum Gasteiger partial charge on any atom is 0.356 e. The zero-order valence-corrected chi connectivity index (χ0v) is 9.25. The smallest absolute Gasteiger partial charge is 0.356 e. The van der Waals surface area contributed by atoms with Crippen LogP contribution in [0.15, 0.2) is 12.4 Å². The van der Waals surface area contributed by atoms with E-state index < -0.39 is 5.97 Å². The third-order valence-electron chi connectivity index (χ3n) is 2.65. The van der Waals surface area contributed by atoms with Crippen LogP contribution in [-0.4, -0.2) is 46.1 Å². The van der Waals surface area contributed by atoms with E-state index in [1.54, 1.807) is 11.8 Å². The monoisotopic (exact) mass is 236 g/mol. The Morgan fingerprint density at radius 2 is 2.29 bits per heavy atom. The van der Waals surface area contributed by atoms with Crippen molar-refractivity contribution in [3.63, 3.8) is 0 Å². The third-order valence-corrected chi connectivity index (χ3v) is 2.65. The van der Waals surface area contributed by atoms with E-state index in [0.717, 1.165) is 0 Å². The number of carboxylic acids is 1. The first-order valence-corrected chi connectivity index (χ1v) is 5.19. The van der Waals surface area contributed by atoms with Gasteiger partial charge in [0.25, 0.3) is 0 Å². The lowest BCUT2D eigenvalue weighted by Gasteiger charge is -2.33. The van der Waals surface area contributed by atoms with Gasteiger partial charge >= 0.3 is 5.97 Å². The molecule has 7 nitrogen and oxygen atoms in total. The van der Waals surface area contributed by atoms with E-state index in [1.807, 2.05) is 0 Å². The number of piperazine rings is 1. The molecule has 0 bridgehead atoms. The van der Waals surface area contributed by atoms with Gasteiger partial charge in [0, 0.05) is 13.1 Å². The van der Waals surface area contributed by atoms with Crippen molar-refractivity contribution in [2.24, 2.45) is 0 Å². The van der Waals surface area contributed by atoms with Crippen molar-refractivity contribution in [3.05, 3.63) is 18.1 Å². The average molecular weight is 236 g/mol.